The maximum atomic E-state index is 12.1. The minimum absolute atomic E-state index is 0.151. The summed E-state index contributed by atoms with van der Waals surface area (Å²) in [6.45, 7) is 3.16. The van der Waals surface area contributed by atoms with Crippen LogP contribution >= 0.6 is 0 Å². The van der Waals surface area contributed by atoms with E-state index in [1.165, 1.54) is 6.20 Å². The van der Waals surface area contributed by atoms with E-state index in [0.29, 0.717) is 13.0 Å². The minimum Gasteiger partial charge on any atom is -0.386 e. The van der Waals surface area contributed by atoms with Gasteiger partial charge in [0.15, 0.2) is 0 Å². The Kier molecular flexibility index (Phi) is 4.66. The van der Waals surface area contributed by atoms with Gasteiger partial charge in [-0.2, -0.15) is 0 Å². The van der Waals surface area contributed by atoms with Crippen molar-refractivity contribution in [3.63, 3.8) is 0 Å². The molecule has 1 aliphatic rings. The van der Waals surface area contributed by atoms with Gasteiger partial charge in [-0.25, -0.2) is 9.97 Å². The van der Waals surface area contributed by atoms with E-state index in [2.05, 4.69) is 25.3 Å². The van der Waals surface area contributed by atoms with Gasteiger partial charge < -0.3 is 15.3 Å². The van der Waals surface area contributed by atoms with E-state index in [4.69, 9.17) is 0 Å². The molecule has 2 N–H and O–H groups in total. The Labute approximate surface area is 140 Å². The van der Waals surface area contributed by atoms with E-state index in [1.54, 1.807) is 31.7 Å². The standard InChI is InChI=1S/C16H20N6O2/c1-12-7-20-13(8-19-12)15(23)21-10-16(24)3-2-6-22(11-16)14-9-17-4-5-18-14/h4-5,7-9,24H,2-3,6,10-11H2,1H3,(H,21,23)/t16-/m0/s1. The molecule has 1 aliphatic heterocycles. The molecule has 0 aliphatic carbocycles. The van der Waals surface area contributed by atoms with Crippen molar-refractivity contribution < 1.29 is 9.90 Å². The monoisotopic (exact) mass is 328 g/mol. The third kappa shape index (κ3) is 3.83. The molecule has 1 atom stereocenters. The van der Waals surface area contributed by atoms with Gasteiger partial charge in [0.2, 0.25) is 0 Å². The number of aryl methyl sites for hydroxylation is 1. The number of β-amino-alcohol motifs (C(OH)–C–C–N with tert-alkyl or cyclic N) is 1. The second-order valence-corrected chi connectivity index (χ2v) is 6.04. The van der Waals surface area contributed by atoms with Gasteiger partial charge in [-0.05, 0) is 19.8 Å². The molecule has 0 radical (unpaired) electrons. The van der Waals surface area contributed by atoms with Gasteiger partial charge in [0, 0.05) is 38.2 Å². The van der Waals surface area contributed by atoms with Crippen LogP contribution in [0.4, 0.5) is 5.82 Å². The summed E-state index contributed by atoms with van der Waals surface area (Å²) in [5, 5.41) is 13.5. The van der Waals surface area contributed by atoms with Crippen LogP contribution in [0.2, 0.25) is 0 Å². The maximum absolute atomic E-state index is 12.1. The molecule has 8 nitrogen and oxygen atoms in total. The quantitative estimate of drug-likeness (QED) is 0.834. The molecule has 126 valence electrons. The van der Waals surface area contributed by atoms with E-state index >= 15 is 0 Å². The lowest BCUT2D eigenvalue weighted by Crippen LogP contribution is -2.54. The maximum Gasteiger partial charge on any atom is 0.271 e. The molecule has 24 heavy (non-hydrogen) atoms. The fraction of sp³-hybridized carbons (Fsp3) is 0.438. The van der Waals surface area contributed by atoms with Gasteiger partial charge >= 0.3 is 0 Å². The van der Waals surface area contributed by atoms with Crippen LogP contribution in [0.1, 0.15) is 29.0 Å². The van der Waals surface area contributed by atoms with Crippen LogP contribution in [0, 0.1) is 6.92 Å². The summed E-state index contributed by atoms with van der Waals surface area (Å²) < 4.78 is 0. The summed E-state index contributed by atoms with van der Waals surface area (Å²) in [6.07, 6.45) is 9.31. The number of rotatable bonds is 4. The van der Waals surface area contributed by atoms with Crippen molar-refractivity contribution in [3.8, 4) is 0 Å². The van der Waals surface area contributed by atoms with Gasteiger partial charge in [-0.1, -0.05) is 0 Å². The van der Waals surface area contributed by atoms with Crippen LogP contribution in [0.15, 0.2) is 31.0 Å². The van der Waals surface area contributed by atoms with Crippen molar-refractivity contribution in [3.05, 3.63) is 42.4 Å². The third-order valence-corrected chi connectivity index (χ3v) is 4.02. The Hall–Kier alpha value is -2.61. The molecule has 1 saturated heterocycles. The lowest BCUT2D eigenvalue weighted by molar-refractivity contribution is 0.0253. The SMILES string of the molecule is Cc1cnc(C(=O)NC[C@@]2(O)CCCN(c3cnccn3)C2)cn1. The molecule has 3 heterocycles. The molecule has 1 fully saturated rings. The van der Waals surface area contributed by atoms with E-state index in [1.807, 2.05) is 4.90 Å². The van der Waals surface area contributed by atoms with Gasteiger partial charge in [-0.3, -0.25) is 14.8 Å². The smallest absolute Gasteiger partial charge is 0.271 e. The van der Waals surface area contributed by atoms with E-state index < -0.39 is 5.60 Å². The minimum atomic E-state index is -1.01. The van der Waals surface area contributed by atoms with Gasteiger partial charge in [-0.15, -0.1) is 0 Å². The number of hydrogen-bond acceptors (Lipinski definition) is 7. The van der Waals surface area contributed by atoms with E-state index in [-0.39, 0.29) is 18.1 Å². The molecule has 0 saturated carbocycles. The first kappa shape index (κ1) is 16.3. The lowest BCUT2D eigenvalue weighted by Gasteiger charge is -2.39. The number of aromatic nitrogens is 4. The fourth-order valence-corrected chi connectivity index (χ4v) is 2.75. The van der Waals surface area contributed by atoms with Gasteiger partial charge in [0.25, 0.3) is 5.91 Å². The predicted molar refractivity (Wildman–Crippen MR) is 87.5 cm³/mol. The summed E-state index contributed by atoms with van der Waals surface area (Å²) in [6, 6.07) is 0. The number of nitrogens with zero attached hydrogens (tertiary/aromatic N) is 5. The first-order chi connectivity index (χ1) is 11.6. The number of carbonyl (C=O) groups is 1. The predicted octanol–water partition coefficient (Wildman–Crippen LogP) is 0.336. The summed E-state index contributed by atoms with van der Waals surface area (Å²) in [5.74, 6) is 0.388. The molecule has 0 aromatic carbocycles. The van der Waals surface area contributed by atoms with Crippen LogP contribution in [-0.2, 0) is 0 Å². The molecule has 1 amide bonds. The Balaban J connectivity index is 1.61. The molecule has 3 rings (SSSR count). The lowest BCUT2D eigenvalue weighted by atomic mass is 9.92. The van der Waals surface area contributed by atoms with E-state index in [9.17, 15) is 9.90 Å². The molecule has 8 heteroatoms. The molecule has 0 spiro atoms. The van der Waals surface area contributed by atoms with Gasteiger partial charge in [0.05, 0.1) is 23.7 Å². The van der Waals surface area contributed by atoms with Crippen molar-refractivity contribution in [1.82, 2.24) is 25.3 Å². The second kappa shape index (κ2) is 6.88. The van der Waals surface area contributed by atoms with Gasteiger partial charge in [0.1, 0.15) is 11.5 Å². The number of hydrogen-bond donors (Lipinski definition) is 2. The summed E-state index contributed by atoms with van der Waals surface area (Å²) >= 11 is 0. The Morgan fingerprint density at radius 3 is 2.88 bits per heavy atom. The first-order valence-corrected chi connectivity index (χ1v) is 7.86. The molecule has 0 bridgehead atoms. The molecular weight excluding hydrogens is 308 g/mol. The van der Waals surface area contributed by atoms with Crippen molar-refractivity contribution in [2.24, 2.45) is 0 Å². The highest BCUT2D eigenvalue weighted by Gasteiger charge is 2.34. The summed E-state index contributed by atoms with van der Waals surface area (Å²) in [5.41, 5.74) is -0.0216. The van der Waals surface area contributed by atoms with Crippen molar-refractivity contribution >= 4 is 11.7 Å². The average molecular weight is 328 g/mol. The fourth-order valence-electron chi connectivity index (χ4n) is 2.75. The van der Waals surface area contributed by atoms with Crippen molar-refractivity contribution in [1.29, 1.82) is 0 Å². The number of amides is 1. The number of anilines is 1. The van der Waals surface area contributed by atoms with Crippen LogP contribution in [0.5, 0.6) is 0 Å². The number of piperidine rings is 1. The van der Waals surface area contributed by atoms with Crippen molar-refractivity contribution in [2.45, 2.75) is 25.4 Å². The largest absolute Gasteiger partial charge is 0.386 e. The topological polar surface area (TPSA) is 104 Å². The molecule has 0 unspecified atom stereocenters. The normalized spacial score (nSPS) is 20.7. The Morgan fingerprint density at radius 2 is 2.17 bits per heavy atom. The molecule has 2 aromatic heterocycles. The Bertz CT molecular complexity index is 693. The van der Waals surface area contributed by atoms with E-state index in [0.717, 1.165) is 24.5 Å². The Morgan fingerprint density at radius 1 is 1.29 bits per heavy atom. The highest BCUT2D eigenvalue weighted by Crippen LogP contribution is 2.23. The molecule has 2 aromatic rings. The first-order valence-electron chi connectivity index (χ1n) is 7.86. The van der Waals surface area contributed by atoms with Crippen LogP contribution < -0.4 is 10.2 Å². The summed E-state index contributed by atoms with van der Waals surface area (Å²) in [7, 11) is 0. The van der Waals surface area contributed by atoms with Crippen LogP contribution in [0.25, 0.3) is 0 Å². The average Bonchev–Trinajstić information content (AvgIpc) is 2.61. The summed E-state index contributed by atoms with van der Waals surface area (Å²) in [4.78, 5) is 30.5. The highest BCUT2D eigenvalue weighted by atomic mass is 16.3. The van der Waals surface area contributed by atoms with Crippen molar-refractivity contribution in [2.75, 3.05) is 24.5 Å². The number of aliphatic hydroxyl groups is 1. The third-order valence-electron chi connectivity index (χ3n) is 4.02. The number of nitrogens with one attached hydrogen (secondary N) is 1. The zero-order valence-corrected chi connectivity index (χ0v) is 13.5. The van der Waals surface area contributed by atoms with Crippen LogP contribution in [0.3, 0.4) is 0 Å². The number of carbonyl (C=O) groups excluding carboxylic acids is 1. The molecular formula is C16H20N6O2. The highest BCUT2D eigenvalue weighted by molar-refractivity contribution is 5.91. The second-order valence-electron chi connectivity index (χ2n) is 6.04. The zero-order valence-electron chi connectivity index (χ0n) is 13.5. The zero-order chi connectivity index (χ0) is 17.0. The van der Waals surface area contributed by atoms with Crippen LogP contribution in [-0.4, -0.2) is 56.2 Å².